The van der Waals surface area contributed by atoms with Crippen molar-refractivity contribution in [1.82, 2.24) is 0 Å². The number of nitrogens with zero attached hydrogens (tertiary/aromatic N) is 1. The van der Waals surface area contributed by atoms with E-state index in [2.05, 4.69) is 0 Å². The first-order valence-electron chi connectivity index (χ1n) is 6.51. The maximum atomic E-state index is 10.8. The van der Waals surface area contributed by atoms with Crippen molar-refractivity contribution in [3.05, 3.63) is 70.8 Å². The Hall–Kier alpha value is -2.88. The van der Waals surface area contributed by atoms with Crippen LogP contribution in [0.2, 0.25) is 0 Å². The summed E-state index contributed by atoms with van der Waals surface area (Å²) in [5.74, 6) is 0.752. The molecule has 3 aromatic carbocycles. The first-order chi connectivity index (χ1) is 10.2. The monoisotopic (exact) mass is 279 g/mol. The first kappa shape index (κ1) is 13.1. The van der Waals surface area contributed by atoms with Crippen molar-refractivity contribution in [2.45, 2.75) is 0 Å². The Bertz CT molecular complexity index is 810. The molecular weight excluding hydrogens is 266 g/mol. The summed E-state index contributed by atoms with van der Waals surface area (Å²) in [4.78, 5) is 10.4. The molecule has 4 nitrogen and oxygen atoms in total. The van der Waals surface area contributed by atoms with Crippen LogP contribution < -0.4 is 4.74 Å². The van der Waals surface area contributed by atoms with Gasteiger partial charge in [0.25, 0.3) is 5.69 Å². The Labute approximate surface area is 121 Å². The third-order valence-electron chi connectivity index (χ3n) is 3.48. The van der Waals surface area contributed by atoms with E-state index >= 15 is 0 Å². The zero-order chi connectivity index (χ0) is 14.8. The largest absolute Gasteiger partial charge is 0.496 e. The molecule has 4 heteroatoms. The van der Waals surface area contributed by atoms with Crippen molar-refractivity contribution in [2.75, 3.05) is 7.11 Å². The maximum absolute atomic E-state index is 10.8. The Morgan fingerprint density at radius 2 is 1.67 bits per heavy atom. The molecule has 0 aromatic heterocycles. The second-order valence-corrected chi connectivity index (χ2v) is 4.67. The smallest absolute Gasteiger partial charge is 0.269 e. The summed E-state index contributed by atoms with van der Waals surface area (Å²) in [5.41, 5.74) is 1.93. The van der Waals surface area contributed by atoms with Crippen LogP contribution in [0.3, 0.4) is 0 Å². The van der Waals surface area contributed by atoms with Gasteiger partial charge >= 0.3 is 0 Å². The molecule has 0 N–H and O–H groups in total. The summed E-state index contributed by atoms with van der Waals surface area (Å²) in [6.45, 7) is 0. The van der Waals surface area contributed by atoms with E-state index in [1.54, 1.807) is 19.2 Å². The van der Waals surface area contributed by atoms with Crippen molar-refractivity contribution in [2.24, 2.45) is 0 Å². The number of methoxy groups -OCH3 is 1. The van der Waals surface area contributed by atoms with E-state index in [9.17, 15) is 10.1 Å². The van der Waals surface area contributed by atoms with Crippen LogP contribution in [0.15, 0.2) is 60.7 Å². The number of non-ortho nitro benzene ring substituents is 1. The fourth-order valence-electron chi connectivity index (χ4n) is 2.47. The van der Waals surface area contributed by atoms with Gasteiger partial charge in [0.1, 0.15) is 5.75 Å². The summed E-state index contributed by atoms with van der Waals surface area (Å²) < 4.78 is 5.45. The van der Waals surface area contributed by atoms with E-state index in [0.717, 1.165) is 27.6 Å². The molecule has 3 rings (SSSR count). The quantitative estimate of drug-likeness (QED) is 0.526. The van der Waals surface area contributed by atoms with Gasteiger partial charge in [-0.25, -0.2) is 0 Å². The molecule has 21 heavy (non-hydrogen) atoms. The third-order valence-corrected chi connectivity index (χ3v) is 3.48. The average molecular weight is 279 g/mol. The number of nitro groups is 1. The molecule has 0 saturated carbocycles. The molecule has 104 valence electrons. The highest BCUT2D eigenvalue weighted by atomic mass is 16.6. The molecule has 0 bridgehead atoms. The van der Waals surface area contributed by atoms with E-state index in [1.807, 2.05) is 36.4 Å². The number of ether oxygens (including phenoxy) is 1. The zero-order valence-corrected chi connectivity index (χ0v) is 11.4. The lowest BCUT2D eigenvalue weighted by atomic mass is 9.97. The summed E-state index contributed by atoms with van der Waals surface area (Å²) in [7, 11) is 1.62. The van der Waals surface area contributed by atoms with Gasteiger partial charge in [-0.05, 0) is 34.5 Å². The molecule has 0 heterocycles. The summed E-state index contributed by atoms with van der Waals surface area (Å²) >= 11 is 0. The lowest BCUT2D eigenvalue weighted by Gasteiger charge is -2.12. The maximum Gasteiger partial charge on any atom is 0.269 e. The van der Waals surface area contributed by atoms with Gasteiger partial charge in [-0.3, -0.25) is 10.1 Å². The number of rotatable bonds is 3. The Balaban J connectivity index is 2.24. The summed E-state index contributed by atoms with van der Waals surface area (Å²) in [6.07, 6.45) is 0. The molecule has 0 saturated heterocycles. The minimum Gasteiger partial charge on any atom is -0.496 e. The Kier molecular flexibility index (Phi) is 3.28. The van der Waals surface area contributed by atoms with Crippen molar-refractivity contribution in [3.8, 4) is 16.9 Å². The standard InChI is InChI=1S/C17H13NO3/c1-21-16-11-8-12-4-2-3-5-15(12)17(16)13-6-9-14(10-7-13)18(19)20/h2-11H,1H3. The molecule has 0 fully saturated rings. The van der Waals surface area contributed by atoms with Gasteiger partial charge in [-0.15, -0.1) is 0 Å². The van der Waals surface area contributed by atoms with Gasteiger partial charge < -0.3 is 4.74 Å². The number of hydrogen-bond acceptors (Lipinski definition) is 3. The van der Waals surface area contributed by atoms with Gasteiger partial charge in [0.05, 0.1) is 12.0 Å². The topological polar surface area (TPSA) is 52.4 Å². The van der Waals surface area contributed by atoms with E-state index in [-0.39, 0.29) is 5.69 Å². The normalized spacial score (nSPS) is 10.5. The van der Waals surface area contributed by atoms with Crippen LogP contribution in [0.4, 0.5) is 5.69 Å². The Morgan fingerprint density at radius 1 is 0.952 bits per heavy atom. The molecule has 0 unspecified atom stereocenters. The van der Waals surface area contributed by atoms with Gasteiger partial charge in [0.15, 0.2) is 0 Å². The van der Waals surface area contributed by atoms with Crippen molar-refractivity contribution in [3.63, 3.8) is 0 Å². The van der Waals surface area contributed by atoms with Crippen molar-refractivity contribution >= 4 is 16.5 Å². The van der Waals surface area contributed by atoms with Gasteiger partial charge in [0, 0.05) is 17.7 Å². The Morgan fingerprint density at radius 3 is 2.33 bits per heavy atom. The molecule has 0 radical (unpaired) electrons. The molecule has 0 spiro atoms. The van der Waals surface area contributed by atoms with E-state index in [0.29, 0.717) is 0 Å². The fourth-order valence-corrected chi connectivity index (χ4v) is 2.47. The number of benzene rings is 3. The fraction of sp³-hybridized carbons (Fsp3) is 0.0588. The van der Waals surface area contributed by atoms with Crippen molar-refractivity contribution < 1.29 is 9.66 Å². The molecule has 0 atom stereocenters. The van der Waals surface area contributed by atoms with E-state index in [1.165, 1.54) is 12.1 Å². The average Bonchev–Trinajstić information content (AvgIpc) is 2.53. The molecule has 0 aliphatic heterocycles. The number of fused-ring (bicyclic) bond motifs is 1. The molecular formula is C17H13NO3. The lowest BCUT2D eigenvalue weighted by Crippen LogP contribution is -1.91. The van der Waals surface area contributed by atoms with Gasteiger partial charge in [-0.2, -0.15) is 0 Å². The van der Waals surface area contributed by atoms with E-state index in [4.69, 9.17) is 4.74 Å². The van der Waals surface area contributed by atoms with Crippen LogP contribution in [0.25, 0.3) is 21.9 Å². The first-order valence-corrected chi connectivity index (χ1v) is 6.51. The summed E-state index contributed by atoms with van der Waals surface area (Å²) in [5, 5.41) is 12.9. The predicted octanol–water partition coefficient (Wildman–Crippen LogP) is 4.42. The highest BCUT2D eigenvalue weighted by Crippen LogP contribution is 2.37. The zero-order valence-electron chi connectivity index (χ0n) is 11.4. The van der Waals surface area contributed by atoms with Crippen LogP contribution in [0, 0.1) is 10.1 Å². The number of nitro benzene ring substituents is 1. The van der Waals surface area contributed by atoms with Crippen LogP contribution in [-0.4, -0.2) is 12.0 Å². The summed E-state index contributed by atoms with van der Waals surface area (Å²) in [6, 6.07) is 18.4. The lowest BCUT2D eigenvalue weighted by molar-refractivity contribution is -0.384. The third kappa shape index (κ3) is 2.31. The highest BCUT2D eigenvalue weighted by molar-refractivity contribution is 5.99. The molecule has 0 aliphatic rings. The highest BCUT2D eigenvalue weighted by Gasteiger charge is 2.12. The molecule has 0 aliphatic carbocycles. The minimum absolute atomic E-state index is 0.0814. The minimum atomic E-state index is -0.399. The van der Waals surface area contributed by atoms with Crippen LogP contribution >= 0.6 is 0 Å². The van der Waals surface area contributed by atoms with Crippen LogP contribution in [0.5, 0.6) is 5.75 Å². The number of hydrogen-bond donors (Lipinski definition) is 0. The second kappa shape index (κ2) is 5.25. The van der Waals surface area contributed by atoms with Gasteiger partial charge in [-0.1, -0.05) is 30.3 Å². The SMILES string of the molecule is COc1ccc2ccccc2c1-c1ccc([N+](=O)[O-])cc1. The van der Waals surface area contributed by atoms with Gasteiger partial charge in [0.2, 0.25) is 0 Å². The van der Waals surface area contributed by atoms with Crippen LogP contribution in [0.1, 0.15) is 0 Å². The molecule has 0 amide bonds. The van der Waals surface area contributed by atoms with Crippen molar-refractivity contribution in [1.29, 1.82) is 0 Å². The second-order valence-electron chi connectivity index (χ2n) is 4.67. The van der Waals surface area contributed by atoms with E-state index < -0.39 is 4.92 Å². The van der Waals surface area contributed by atoms with Crippen LogP contribution in [-0.2, 0) is 0 Å². The predicted molar refractivity (Wildman–Crippen MR) is 82.6 cm³/mol. The molecule has 3 aromatic rings.